The van der Waals surface area contributed by atoms with Crippen LogP contribution in [0.3, 0.4) is 0 Å². The fourth-order valence-electron chi connectivity index (χ4n) is 1.96. The third kappa shape index (κ3) is 2.79. The van der Waals surface area contributed by atoms with Crippen LogP contribution >= 0.6 is 11.8 Å². The summed E-state index contributed by atoms with van der Waals surface area (Å²) in [6.45, 7) is 1.74. The third-order valence-electron chi connectivity index (χ3n) is 2.95. The molecule has 0 amide bonds. The Balaban J connectivity index is 2.13. The highest BCUT2D eigenvalue weighted by molar-refractivity contribution is 8.00. The van der Waals surface area contributed by atoms with Crippen molar-refractivity contribution in [2.45, 2.75) is 29.6 Å². The molecule has 106 valence electrons. The molecule has 0 bridgehead atoms. The van der Waals surface area contributed by atoms with Gasteiger partial charge in [0.1, 0.15) is 18.1 Å². The molecule has 1 saturated heterocycles. The summed E-state index contributed by atoms with van der Waals surface area (Å²) in [6.07, 6.45) is -0.793. The van der Waals surface area contributed by atoms with Gasteiger partial charge in [-0.3, -0.25) is 0 Å². The maximum atomic E-state index is 11.5. The minimum Gasteiger partial charge on any atom is -0.467 e. The molecule has 4 atom stereocenters. The second kappa shape index (κ2) is 5.96. The Kier molecular flexibility index (Phi) is 4.51. The first kappa shape index (κ1) is 14.4. The van der Waals surface area contributed by atoms with Crippen molar-refractivity contribution in [3.63, 3.8) is 0 Å². The van der Waals surface area contributed by atoms with E-state index in [0.29, 0.717) is 5.76 Å². The van der Waals surface area contributed by atoms with Gasteiger partial charge in [-0.05, 0) is 13.0 Å². The molecule has 1 aromatic heterocycles. The zero-order chi connectivity index (χ0) is 14.0. The van der Waals surface area contributed by atoms with E-state index in [-0.39, 0.29) is 18.8 Å². The minimum atomic E-state index is -1.04. The van der Waals surface area contributed by atoms with E-state index in [2.05, 4.69) is 0 Å². The van der Waals surface area contributed by atoms with Crippen LogP contribution in [0.2, 0.25) is 0 Å². The standard InChI is InChI=1S/C12H16O6S/c1-2-17-12(16)6-3-7(18-5-6)11-10(15)9(14)8(4-13)19-11/h3,5,8-11,13-15H,2,4H2,1H3/t8-,9-,10-,11-/m1/s1. The summed E-state index contributed by atoms with van der Waals surface area (Å²) in [5.74, 6) is -0.107. The van der Waals surface area contributed by atoms with E-state index >= 15 is 0 Å². The maximum absolute atomic E-state index is 11.5. The Morgan fingerprint density at radius 1 is 1.47 bits per heavy atom. The Morgan fingerprint density at radius 3 is 2.79 bits per heavy atom. The van der Waals surface area contributed by atoms with Gasteiger partial charge < -0.3 is 24.5 Å². The summed E-state index contributed by atoms with van der Waals surface area (Å²) < 4.78 is 10.1. The van der Waals surface area contributed by atoms with Gasteiger partial charge in [-0.15, -0.1) is 11.8 Å². The van der Waals surface area contributed by atoms with E-state index in [1.165, 1.54) is 24.1 Å². The number of furan rings is 1. The topological polar surface area (TPSA) is 100 Å². The summed E-state index contributed by atoms with van der Waals surface area (Å²) in [4.78, 5) is 11.5. The quantitative estimate of drug-likeness (QED) is 0.686. The van der Waals surface area contributed by atoms with Crippen LogP contribution in [0.4, 0.5) is 0 Å². The second-order valence-corrected chi connectivity index (χ2v) is 5.60. The highest BCUT2D eigenvalue weighted by atomic mass is 32.2. The number of hydrogen-bond donors (Lipinski definition) is 3. The minimum absolute atomic E-state index is 0.231. The average Bonchev–Trinajstić information content (AvgIpc) is 2.97. The van der Waals surface area contributed by atoms with Crippen molar-refractivity contribution < 1.29 is 29.3 Å². The molecule has 1 fully saturated rings. The van der Waals surface area contributed by atoms with Crippen molar-refractivity contribution in [3.8, 4) is 0 Å². The smallest absolute Gasteiger partial charge is 0.341 e. The molecular formula is C12H16O6S. The molecule has 0 aliphatic carbocycles. The number of ether oxygens (including phenoxy) is 1. The first-order valence-electron chi connectivity index (χ1n) is 5.96. The van der Waals surface area contributed by atoms with Crippen molar-refractivity contribution in [1.29, 1.82) is 0 Å². The largest absolute Gasteiger partial charge is 0.467 e. The number of esters is 1. The second-order valence-electron chi connectivity index (χ2n) is 4.22. The Hall–Kier alpha value is -1.02. The molecule has 0 radical (unpaired) electrons. The van der Waals surface area contributed by atoms with Gasteiger partial charge in [0.05, 0.1) is 35.4 Å². The average molecular weight is 288 g/mol. The van der Waals surface area contributed by atoms with Gasteiger partial charge in [0.2, 0.25) is 0 Å². The van der Waals surface area contributed by atoms with E-state index < -0.39 is 28.7 Å². The number of thioether (sulfide) groups is 1. The molecule has 0 spiro atoms. The lowest BCUT2D eigenvalue weighted by Crippen LogP contribution is -2.31. The van der Waals surface area contributed by atoms with Gasteiger partial charge >= 0.3 is 5.97 Å². The lowest BCUT2D eigenvalue weighted by molar-refractivity contribution is 0.0174. The maximum Gasteiger partial charge on any atom is 0.341 e. The normalized spacial score (nSPS) is 30.5. The van der Waals surface area contributed by atoms with Crippen molar-refractivity contribution in [1.82, 2.24) is 0 Å². The summed E-state index contributed by atoms with van der Waals surface area (Å²) >= 11 is 1.22. The zero-order valence-electron chi connectivity index (χ0n) is 10.4. The van der Waals surface area contributed by atoms with Gasteiger partial charge in [-0.25, -0.2) is 4.79 Å². The lowest BCUT2D eigenvalue weighted by Gasteiger charge is -2.13. The number of carbonyl (C=O) groups excluding carboxylic acids is 1. The summed E-state index contributed by atoms with van der Waals surface area (Å²) in [7, 11) is 0. The van der Waals surface area contributed by atoms with Crippen LogP contribution in [0.25, 0.3) is 0 Å². The van der Waals surface area contributed by atoms with E-state index in [9.17, 15) is 15.0 Å². The van der Waals surface area contributed by atoms with Crippen molar-refractivity contribution in [2.24, 2.45) is 0 Å². The van der Waals surface area contributed by atoms with Crippen LogP contribution in [-0.4, -0.2) is 52.0 Å². The van der Waals surface area contributed by atoms with Gasteiger partial charge in [0.25, 0.3) is 0 Å². The first-order chi connectivity index (χ1) is 9.08. The molecule has 2 rings (SSSR count). The molecule has 1 aliphatic heterocycles. The summed E-state index contributed by atoms with van der Waals surface area (Å²) in [5, 5.41) is 27.8. The van der Waals surface area contributed by atoms with Gasteiger partial charge in [-0.1, -0.05) is 0 Å². The predicted molar refractivity (Wildman–Crippen MR) is 67.9 cm³/mol. The Bertz CT molecular complexity index is 445. The molecule has 2 heterocycles. The lowest BCUT2D eigenvalue weighted by atomic mass is 10.1. The van der Waals surface area contributed by atoms with Crippen LogP contribution in [0.1, 0.15) is 28.3 Å². The highest BCUT2D eigenvalue weighted by Crippen LogP contribution is 2.45. The number of hydrogen-bond acceptors (Lipinski definition) is 7. The van der Waals surface area contributed by atoms with E-state index in [1.54, 1.807) is 6.92 Å². The highest BCUT2D eigenvalue weighted by Gasteiger charge is 2.44. The number of carbonyl (C=O) groups is 1. The monoisotopic (exact) mass is 288 g/mol. The van der Waals surface area contributed by atoms with Gasteiger partial charge in [-0.2, -0.15) is 0 Å². The number of aliphatic hydroxyl groups excluding tert-OH is 3. The Morgan fingerprint density at radius 2 is 2.21 bits per heavy atom. The van der Waals surface area contributed by atoms with Gasteiger partial charge in [0.15, 0.2) is 0 Å². The zero-order valence-corrected chi connectivity index (χ0v) is 11.2. The number of aliphatic hydroxyl groups is 3. The Labute approximate surface area is 114 Å². The van der Waals surface area contributed by atoms with E-state index in [1.807, 2.05) is 0 Å². The fourth-order valence-corrected chi connectivity index (χ4v) is 3.32. The molecule has 6 nitrogen and oxygen atoms in total. The molecule has 19 heavy (non-hydrogen) atoms. The van der Waals surface area contributed by atoms with E-state index in [4.69, 9.17) is 14.3 Å². The third-order valence-corrected chi connectivity index (χ3v) is 4.54. The molecule has 0 saturated carbocycles. The van der Waals surface area contributed by atoms with Crippen molar-refractivity contribution >= 4 is 17.7 Å². The van der Waals surface area contributed by atoms with Crippen LogP contribution < -0.4 is 0 Å². The van der Waals surface area contributed by atoms with Crippen molar-refractivity contribution in [2.75, 3.05) is 13.2 Å². The summed E-state index contributed by atoms with van der Waals surface area (Å²) in [5.41, 5.74) is 0.270. The number of rotatable bonds is 4. The molecule has 1 aliphatic rings. The van der Waals surface area contributed by atoms with Crippen LogP contribution in [0.5, 0.6) is 0 Å². The molecule has 3 N–H and O–H groups in total. The first-order valence-corrected chi connectivity index (χ1v) is 6.90. The van der Waals surface area contributed by atoms with Crippen molar-refractivity contribution in [3.05, 3.63) is 23.7 Å². The SMILES string of the molecule is CCOC(=O)c1coc([C@H]2S[C@H](CO)[C@@H](O)[C@H]2O)c1. The molecular weight excluding hydrogens is 272 g/mol. The predicted octanol–water partition coefficient (Wildman–Crippen LogP) is 0.327. The van der Waals surface area contributed by atoms with Crippen LogP contribution in [0.15, 0.2) is 16.7 Å². The van der Waals surface area contributed by atoms with Crippen LogP contribution in [-0.2, 0) is 4.74 Å². The van der Waals surface area contributed by atoms with Gasteiger partial charge in [0, 0.05) is 0 Å². The van der Waals surface area contributed by atoms with E-state index in [0.717, 1.165) is 0 Å². The molecule has 1 aromatic rings. The summed E-state index contributed by atoms with van der Waals surface area (Å²) in [6, 6.07) is 1.49. The molecule has 0 unspecified atom stereocenters. The van der Waals surface area contributed by atoms with Crippen LogP contribution in [0, 0.1) is 0 Å². The molecule has 7 heteroatoms. The fraction of sp³-hybridized carbons (Fsp3) is 0.583. The molecule has 0 aromatic carbocycles.